The van der Waals surface area contributed by atoms with Crippen molar-refractivity contribution in [3.8, 4) is 0 Å². The Morgan fingerprint density at radius 1 is 1.46 bits per heavy atom. The largest absolute Gasteiger partial charge is 0.495 e. The van der Waals surface area contributed by atoms with Gasteiger partial charge in [0.15, 0.2) is 0 Å². The van der Waals surface area contributed by atoms with Gasteiger partial charge in [0.2, 0.25) is 0 Å². The molecule has 13 heavy (non-hydrogen) atoms. The molecule has 2 heteroatoms. The summed E-state index contributed by atoms with van der Waals surface area (Å²) in [5, 5.41) is 0. The minimum absolute atomic E-state index is 0.968. The molecule has 0 amide bonds. The molecule has 0 unspecified atom stereocenters. The van der Waals surface area contributed by atoms with Crippen molar-refractivity contribution < 1.29 is 4.74 Å². The molecule has 68 valence electrons. The zero-order valence-electron chi connectivity index (χ0n) is 8.00. The summed E-state index contributed by atoms with van der Waals surface area (Å²) in [7, 11) is 1.71. The van der Waals surface area contributed by atoms with Crippen LogP contribution in [-0.2, 0) is 4.74 Å². The van der Waals surface area contributed by atoms with Gasteiger partial charge in [-0.2, -0.15) is 0 Å². The van der Waals surface area contributed by atoms with Crippen LogP contribution in [0.25, 0.3) is 5.76 Å². The third kappa shape index (κ3) is 1.72. The molecule has 0 atom stereocenters. The molecule has 0 radical (unpaired) electrons. The van der Waals surface area contributed by atoms with Gasteiger partial charge < -0.3 is 4.74 Å². The van der Waals surface area contributed by atoms with Gasteiger partial charge in [0.05, 0.1) is 7.11 Å². The molecular formula is C11H13NO. The van der Waals surface area contributed by atoms with Crippen LogP contribution < -0.4 is 0 Å². The van der Waals surface area contributed by atoms with E-state index in [-0.39, 0.29) is 0 Å². The summed E-state index contributed by atoms with van der Waals surface area (Å²) < 4.78 is 5.33. The maximum Gasteiger partial charge on any atom is 0.143 e. The second-order valence-corrected chi connectivity index (χ2v) is 3.36. The Labute approximate surface area is 78.3 Å². The minimum atomic E-state index is 0.968. The Bertz CT molecular complexity index is 349. The molecule has 0 bridgehead atoms. The molecule has 1 aliphatic rings. The van der Waals surface area contributed by atoms with E-state index in [2.05, 4.69) is 18.0 Å². The molecule has 1 aromatic rings. The van der Waals surface area contributed by atoms with Gasteiger partial charge in [0.25, 0.3) is 0 Å². The number of allylic oxidation sites excluding steroid dienone is 1. The molecule has 1 aromatic heterocycles. The summed E-state index contributed by atoms with van der Waals surface area (Å²) in [6, 6.07) is 4.05. The molecule has 1 aliphatic carbocycles. The standard InChI is InChI=1S/C11H13NO/c1-8-5-6-12-10(7-8)11(13-2)9-3-4-9/h5-7H,3-4H2,1-2H3. The highest BCUT2D eigenvalue weighted by Gasteiger charge is 2.20. The molecule has 0 N–H and O–H groups in total. The molecule has 1 saturated carbocycles. The van der Waals surface area contributed by atoms with Crippen molar-refractivity contribution in [2.75, 3.05) is 7.11 Å². The highest BCUT2D eigenvalue weighted by Crippen LogP contribution is 2.35. The number of hydrogen-bond donors (Lipinski definition) is 0. The Balaban J connectivity index is 2.39. The molecule has 2 rings (SSSR count). The van der Waals surface area contributed by atoms with Crippen LogP contribution in [0, 0.1) is 6.92 Å². The van der Waals surface area contributed by atoms with Gasteiger partial charge in [-0.15, -0.1) is 0 Å². The predicted octanol–water partition coefficient (Wildman–Crippen LogP) is 2.54. The molecule has 1 heterocycles. The van der Waals surface area contributed by atoms with E-state index in [1.165, 1.54) is 24.0 Å². The first-order chi connectivity index (χ1) is 6.31. The topological polar surface area (TPSA) is 22.1 Å². The molecular weight excluding hydrogens is 162 g/mol. The lowest BCUT2D eigenvalue weighted by Gasteiger charge is -2.05. The van der Waals surface area contributed by atoms with E-state index in [1.54, 1.807) is 7.11 Å². The maximum atomic E-state index is 5.33. The lowest BCUT2D eigenvalue weighted by Crippen LogP contribution is -1.91. The fourth-order valence-corrected chi connectivity index (χ4v) is 1.38. The van der Waals surface area contributed by atoms with Crippen LogP contribution in [0.5, 0.6) is 0 Å². The number of aromatic nitrogens is 1. The number of aryl methyl sites for hydroxylation is 1. The third-order valence-corrected chi connectivity index (χ3v) is 2.17. The van der Waals surface area contributed by atoms with E-state index in [4.69, 9.17) is 4.74 Å². The van der Waals surface area contributed by atoms with E-state index in [0.29, 0.717) is 0 Å². The lowest BCUT2D eigenvalue weighted by molar-refractivity contribution is 0.367. The van der Waals surface area contributed by atoms with Crippen molar-refractivity contribution in [3.05, 3.63) is 35.2 Å². The van der Waals surface area contributed by atoms with Gasteiger partial charge in [0, 0.05) is 6.20 Å². The fraction of sp³-hybridized carbons (Fsp3) is 0.364. The fourth-order valence-electron chi connectivity index (χ4n) is 1.38. The van der Waals surface area contributed by atoms with Gasteiger partial charge in [-0.25, -0.2) is 0 Å². The molecule has 0 aliphatic heterocycles. The van der Waals surface area contributed by atoms with Crippen LogP contribution in [0.1, 0.15) is 24.1 Å². The van der Waals surface area contributed by atoms with Crippen LogP contribution in [0.3, 0.4) is 0 Å². The van der Waals surface area contributed by atoms with Crippen molar-refractivity contribution in [2.24, 2.45) is 0 Å². The van der Waals surface area contributed by atoms with Crippen molar-refractivity contribution in [1.29, 1.82) is 0 Å². The van der Waals surface area contributed by atoms with Gasteiger partial charge >= 0.3 is 0 Å². The summed E-state index contributed by atoms with van der Waals surface area (Å²) >= 11 is 0. The SMILES string of the molecule is COC(=C1CC1)c1cc(C)ccn1. The first kappa shape index (κ1) is 8.30. The number of nitrogens with zero attached hydrogens (tertiary/aromatic N) is 1. The average Bonchev–Trinajstić information content (AvgIpc) is 2.90. The van der Waals surface area contributed by atoms with E-state index in [1.807, 2.05) is 12.3 Å². The number of pyridine rings is 1. The Hall–Kier alpha value is -1.31. The van der Waals surface area contributed by atoms with E-state index < -0.39 is 0 Å². The third-order valence-electron chi connectivity index (χ3n) is 2.17. The summed E-state index contributed by atoms with van der Waals surface area (Å²) in [5.74, 6) is 0.976. The highest BCUT2D eigenvalue weighted by atomic mass is 16.5. The number of methoxy groups -OCH3 is 1. The predicted molar refractivity (Wildman–Crippen MR) is 52.1 cm³/mol. The van der Waals surface area contributed by atoms with Crippen molar-refractivity contribution in [3.63, 3.8) is 0 Å². The van der Waals surface area contributed by atoms with Crippen LogP contribution in [-0.4, -0.2) is 12.1 Å². The average molecular weight is 175 g/mol. The number of ether oxygens (including phenoxy) is 1. The maximum absolute atomic E-state index is 5.33. The van der Waals surface area contributed by atoms with Gasteiger partial charge in [-0.05, 0) is 43.0 Å². The Kier molecular flexibility index (Phi) is 2.05. The monoisotopic (exact) mass is 175 g/mol. The Morgan fingerprint density at radius 2 is 2.23 bits per heavy atom. The Morgan fingerprint density at radius 3 is 2.77 bits per heavy atom. The molecule has 2 nitrogen and oxygen atoms in total. The first-order valence-electron chi connectivity index (χ1n) is 4.50. The van der Waals surface area contributed by atoms with Gasteiger partial charge in [0.1, 0.15) is 11.5 Å². The molecule has 1 fully saturated rings. The van der Waals surface area contributed by atoms with Crippen LogP contribution >= 0.6 is 0 Å². The summed E-state index contributed by atoms with van der Waals surface area (Å²) in [6.45, 7) is 2.07. The van der Waals surface area contributed by atoms with Gasteiger partial charge in [-0.1, -0.05) is 0 Å². The van der Waals surface area contributed by atoms with Crippen molar-refractivity contribution in [1.82, 2.24) is 4.98 Å². The van der Waals surface area contributed by atoms with Gasteiger partial charge in [-0.3, -0.25) is 4.98 Å². The second kappa shape index (κ2) is 3.21. The van der Waals surface area contributed by atoms with Crippen molar-refractivity contribution >= 4 is 5.76 Å². The number of rotatable bonds is 2. The van der Waals surface area contributed by atoms with Crippen LogP contribution in [0.4, 0.5) is 0 Å². The van der Waals surface area contributed by atoms with Crippen LogP contribution in [0.2, 0.25) is 0 Å². The lowest BCUT2D eigenvalue weighted by atomic mass is 10.2. The van der Waals surface area contributed by atoms with E-state index in [0.717, 1.165) is 11.5 Å². The minimum Gasteiger partial charge on any atom is -0.495 e. The smallest absolute Gasteiger partial charge is 0.143 e. The quantitative estimate of drug-likeness (QED) is 0.644. The zero-order chi connectivity index (χ0) is 9.26. The molecule has 0 saturated heterocycles. The number of hydrogen-bond acceptors (Lipinski definition) is 2. The second-order valence-electron chi connectivity index (χ2n) is 3.36. The molecule has 0 aromatic carbocycles. The summed E-state index contributed by atoms with van der Waals surface area (Å²) in [5.41, 5.74) is 3.58. The van der Waals surface area contributed by atoms with E-state index in [9.17, 15) is 0 Å². The summed E-state index contributed by atoms with van der Waals surface area (Å²) in [4.78, 5) is 4.29. The van der Waals surface area contributed by atoms with Crippen molar-refractivity contribution in [2.45, 2.75) is 19.8 Å². The van der Waals surface area contributed by atoms with E-state index >= 15 is 0 Å². The highest BCUT2D eigenvalue weighted by molar-refractivity contribution is 5.63. The summed E-state index contributed by atoms with van der Waals surface area (Å²) in [6.07, 6.45) is 4.16. The first-order valence-corrected chi connectivity index (χ1v) is 4.50. The normalized spacial score (nSPS) is 14.2. The van der Waals surface area contributed by atoms with Crippen LogP contribution in [0.15, 0.2) is 23.9 Å². The zero-order valence-corrected chi connectivity index (χ0v) is 8.00. The molecule has 0 spiro atoms.